The smallest absolute Gasteiger partial charge is 0.00206 e. The van der Waals surface area contributed by atoms with Gasteiger partial charge in [-0.2, -0.15) is 0 Å². The molecule has 68 heavy (non-hydrogen) atoms. The lowest BCUT2D eigenvalue weighted by molar-refractivity contribution is 1.46. The van der Waals surface area contributed by atoms with E-state index in [2.05, 4.69) is 246 Å². The van der Waals surface area contributed by atoms with Gasteiger partial charge in [0, 0.05) is 0 Å². The standard InChI is InChI=1S/C68H48/c1-41-37-42(2)62-39-61(41)49-25-17-45(18-26-49)57-13-5-9-53-33-34-54-10-7-15-59(66(54)65(53)57)47-21-29-51(30-22-47)63-40-64(44(4)38-43(63)3)52-31-23-48(24-32-52)60-16-8-12-56-36-35-55-11-6-14-58(67(55)68(56)60)46-19-27-50(62)28-20-46/h5-40H,1-4H3. The predicted molar refractivity (Wildman–Crippen MR) is 300 cm³/mol. The maximum atomic E-state index is 2.40. The summed E-state index contributed by atoms with van der Waals surface area (Å²) in [7, 11) is 0. The first kappa shape index (κ1) is 40.0. The number of aryl methyl sites for hydroxylation is 4. The Hall–Kier alpha value is -8.32. The maximum Gasteiger partial charge on any atom is -0.00206 e. The van der Waals surface area contributed by atoms with Crippen LogP contribution in [0.1, 0.15) is 22.3 Å². The third-order valence-corrected chi connectivity index (χ3v) is 14.9. The first-order valence-corrected chi connectivity index (χ1v) is 23.9. The van der Waals surface area contributed by atoms with Gasteiger partial charge in [0.25, 0.3) is 0 Å². The summed E-state index contributed by atoms with van der Waals surface area (Å²) in [5.41, 5.74) is 5.11. The summed E-state index contributed by atoms with van der Waals surface area (Å²) >= 11 is 0. The third kappa shape index (κ3) is 6.44. The van der Waals surface area contributed by atoms with Gasteiger partial charge in [-0.15, -0.1) is 0 Å². The molecule has 0 aliphatic rings. The van der Waals surface area contributed by atoms with E-state index < -0.39 is 0 Å². The Morgan fingerprint density at radius 1 is 0.162 bits per heavy atom. The van der Waals surface area contributed by atoms with Crippen LogP contribution in [0.25, 0.3) is 129 Å². The minimum atomic E-state index is 1.21. The van der Waals surface area contributed by atoms with E-state index in [9.17, 15) is 0 Å². The molecule has 0 nitrogen and oxygen atoms in total. The van der Waals surface area contributed by atoms with Crippen molar-refractivity contribution in [1.82, 2.24) is 0 Å². The lowest BCUT2D eigenvalue weighted by atomic mass is 9.93. The molecular weight excluding hydrogens is 817 g/mol. The highest BCUT2D eigenvalue weighted by molar-refractivity contribution is 6.28. The Kier molecular flexibility index (Phi) is 9.21. The lowest BCUT2D eigenvalue weighted by Gasteiger charge is -2.10. The van der Waals surface area contributed by atoms with Crippen LogP contribution >= 0.6 is 0 Å². The van der Waals surface area contributed by atoms with Crippen molar-refractivity contribution in [3.8, 4) is 0 Å². The Balaban J connectivity index is 1.16. The Bertz CT molecular complexity index is 3880. The van der Waals surface area contributed by atoms with Gasteiger partial charge in [0.15, 0.2) is 0 Å². The van der Waals surface area contributed by atoms with Crippen LogP contribution in [0.5, 0.6) is 0 Å². The molecule has 0 fully saturated rings. The third-order valence-electron chi connectivity index (χ3n) is 14.9. The lowest BCUT2D eigenvalue weighted by Crippen LogP contribution is -1.84. The molecule has 0 spiro atoms. The highest BCUT2D eigenvalue weighted by Crippen LogP contribution is 2.38. The van der Waals surface area contributed by atoms with Gasteiger partial charge in [-0.05, 0) is 191 Å². The summed E-state index contributed by atoms with van der Waals surface area (Å²) in [6.45, 7) is 8.97. The van der Waals surface area contributed by atoms with Crippen molar-refractivity contribution in [2.24, 2.45) is 0 Å². The van der Waals surface area contributed by atoms with Crippen molar-refractivity contribution in [2.45, 2.75) is 27.7 Å². The van der Waals surface area contributed by atoms with Crippen LogP contribution in [0.4, 0.5) is 0 Å². The maximum absolute atomic E-state index is 2.40. The molecular formula is C68H48. The zero-order chi connectivity index (χ0) is 45.6. The second-order valence-corrected chi connectivity index (χ2v) is 19.0. The highest BCUT2D eigenvalue weighted by atomic mass is 14.1. The van der Waals surface area contributed by atoms with E-state index in [1.807, 2.05) is 0 Å². The monoisotopic (exact) mass is 864 g/mol. The van der Waals surface area contributed by atoms with Gasteiger partial charge in [-0.3, -0.25) is 0 Å². The average molecular weight is 865 g/mol. The van der Waals surface area contributed by atoms with E-state index in [4.69, 9.17) is 0 Å². The molecule has 12 bridgehead atoms. The van der Waals surface area contributed by atoms with Gasteiger partial charge in [-0.25, -0.2) is 0 Å². The van der Waals surface area contributed by atoms with Gasteiger partial charge in [0.1, 0.15) is 0 Å². The van der Waals surface area contributed by atoms with Gasteiger partial charge in [0.05, 0.1) is 0 Å². The molecule has 320 valence electrons. The Labute approximate surface area is 395 Å². The number of benzene rings is 12. The fourth-order valence-corrected chi connectivity index (χ4v) is 11.5. The normalized spacial score (nSPS) is 11.8. The number of rotatable bonds is 0. The minimum absolute atomic E-state index is 1.21. The fraction of sp³-hybridized carbons (Fsp3) is 0.0588. The topological polar surface area (TPSA) is 0 Å². The number of hydrogen-bond acceptors (Lipinski definition) is 0. The number of hydrogen-bond donors (Lipinski definition) is 0. The van der Waals surface area contributed by atoms with Gasteiger partial charge in [0.2, 0.25) is 0 Å². The predicted octanol–water partition coefficient (Wildman–Crippen LogP) is 19.6. The van der Waals surface area contributed by atoms with Crippen molar-refractivity contribution in [2.75, 3.05) is 0 Å². The van der Waals surface area contributed by atoms with E-state index in [1.165, 1.54) is 152 Å². The van der Waals surface area contributed by atoms with Crippen molar-refractivity contribution >= 4 is 129 Å². The molecule has 0 atom stereocenters. The molecule has 0 heterocycles. The summed E-state index contributed by atoms with van der Waals surface area (Å²) < 4.78 is 0. The van der Waals surface area contributed by atoms with Gasteiger partial charge in [-0.1, -0.05) is 206 Å². The van der Waals surface area contributed by atoms with Crippen LogP contribution in [0.3, 0.4) is 0 Å². The largest absolute Gasteiger partial charge is 0.0610 e. The van der Waals surface area contributed by atoms with Crippen LogP contribution in [0.15, 0.2) is 218 Å². The second kappa shape index (κ2) is 15.7. The molecule has 0 heteroatoms. The SMILES string of the molecule is Cc1cc(C)c2cc1c1ccc(cc1)c1cccc3ccc4cccc(c5ccc(cc5)c5cc(c(C)cc5C)c5ccc(cc5)c5cccc6ccc7cccc(c8ccc2cc8)c7c65)c4c31. The van der Waals surface area contributed by atoms with Crippen LogP contribution in [0.2, 0.25) is 0 Å². The van der Waals surface area contributed by atoms with Crippen LogP contribution in [0, 0.1) is 27.7 Å². The highest BCUT2D eigenvalue weighted by Gasteiger charge is 2.11. The quantitative estimate of drug-likeness (QED) is 0.133. The second-order valence-electron chi connectivity index (χ2n) is 19.0. The molecule has 19 rings (SSSR count). The van der Waals surface area contributed by atoms with Crippen molar-refractivity contribution < 1.29 is 0 Å². The van der Waals surface area contributed by atoms with Crippen molar-refractivity contribution in [3.05, 3.63) is 241 Å². The summed E-state index contributed by atoms with van der Waals surface area (Å²) in [5.74, 6) is 0. The summed E-state index contributed by atoms with van der Waals surface area (Å²) in [5, 5.41) is 29.9. The minimum Gasteiger partial charge on any atom is -0.0610 e. The molecule has 19 aromatic rings. The zero-order valence-corrected chi connectivity index (χ0v) is 38.8. The van der Waals surface area contributed by atoms with Crippen molar-refractivity contribution in [3.63, 3.8) is 0 Å². The molecule has 0 saturated heterocycles. The Morgan fingerprint density at radius 2 is 0.338 bits per heavy atom. The van der Waals surface area contributed by atoms with Gasteiger partial charge >= 0.3 is 0 Å². The molecule has 0 N–H and O–H groups in total. The molecule has 0 amide bonds. The molecule has 0 aliphatic heterocycles. The van der Waals surface area contributed by atoms with Crippen LogP contribution < -0.4 is 0 Å². The van der Waals surface area contributed by atoms with E-state index in [-0.39, 0.29) is 0 Å². The van der Waals surface area contributed by atoms with Gasteiger partial charge < -0.3 is 0 Å². The molecule has 0 unspecified atom stereocenters. The Morgan fingerprint density at radius 3 is 0.544 bits per heavy atom. The van der Waals surface area contributed by atoms with Crippen LogP contribution in [-0.4, -0.2) is 0 Å². The molecule has 0 saturated carbocycles. The van der Waals surface area contributed by atoms with E-state index in [0.717, 1.165) is 0 Å². The van der Waals surface area contributed by atoms with E-state index in [1.54, 1.807) is 0 Å². The summed E-state index contributed by atoms with van der Waals surface area (Å²) in [6.07, 6.45) is 0. The zero-order valence-electron chi connectivity index (χ0n) is 38.8. The fourth-order valence-electron chi connectivity index (χ4n) is 11.5. The summed E-state index contributed by atoms with van der Waals surface area (Å²) in [4.78, 5) is 0. The molecule has 19 aromatic carbocycles. The molecule has 0 aliphatic carbocycles. The van der Waals surface area contributed by atoms with Crippen LogP contribution in [-0.2, 0) is 0 Å². The van der Waals surface area contributed by atoms with E-state index in [0.29, 0.717) is 0 Å². The molecule has 0 radical (unpaired) electrons. The molecule has 0 aromatic heterocycles. The first-order valence-electron chi connectivity index (χ1n) is 23.9. The first-order chi connectivity index (χ1) is 33.3. The van der Waals surface area contributed by atoms with Crippen molar-refractivity contribution in [1.29, 1.82) is 0 Å². The average Bonchev–Trinajstić information content (AvgIpc) is 3.38. The van der Waals surface area contributed by atoms with E-state index >= 15 is 0 Å². The summed E-state index contributed by atoms with van der Waals surface area (Å²) in [6, 6.07) is 82.7.